The highest BCUT2D eigenvalue weighted by Gasteiger charge is 2.23. The molecule has 0 bridgehead atoms. The van der Waals surface area contributed by atoms with E-state index in [1.54, 1.807) is 26.0 Å². The van der Waals surface area contributed by atoms with Gasteiger partial charge in [-0.05, 0) is 33.4 Å². The fourth-order valence-corrected chi connectivity index (χ4v) is 2.03. The fourth-order valence-electron chi connectivity index (χ4n) is 2.03. The standard InChI is InChI=1S/C14H22FNO/c1-5-16(10-14(3,4)17)11(2)12-8-6-7-9-13(12)15/h6-9,11,17H,5,10H2,1-4H3. The van der Waals surface area contributed by atoms with Gasteiger partial charge in [0.2, 0.25) is 0 Å². The maximum atomic E-state index is 13.7. The molecule has 0 amide bonds. The molecule has 1 atom stereocenters. The zero-order valence-corrected chi connectivity index (χ0v) is 11.1. The quantitative estimate of drug-likeness (QED) is 0.854. The Balaban J connectivity index is 2.87. The summed E-state index contributed by atoms with van der Waals surface area (Å²) in [6.45, 7) is 8.82. The van der Waals surface area contributed by atoms with Crippen molar-refractivity contribution in [2.45, 2.75) is 39.3 Å². The molecule has 1 aromatic rings. The van der Waals surface area contributed by atoms with Crippen LogP contribution in [0.2, 0.25) is 0 Å². The molecule has 1 aromatic carbocycles. The van der Waals surface area contributed by atoms with Gasteiger partial charge in [-0.1, -0.05) is 25.1 Å². The molecule has 0 aliphatic rings. The second-order valence-electron chi connectivity index (χ2n) is 5.07. The largest absolute Gasteiger partial charge is 0.389 e. The second kappa shape index (κ2) is 5.61. The highest BCUT2D eigenvalue weighted by Crippen LogP contribution is 2.24. The van der Waals surface area contributed by atoms with Gasteiger partial charge in [0.25, 0.3) is 0 Å². The van der Waals surface area contributed by atoms with Crippen molar-refractivity contribution in [3.05, 3.63) is 35.6 Å². The van der Waals surface area contributed by atoms with Crippen LogP contribution in [0.1, 0.15) is 39.3 Å². The molecule has 2 nitrogen and oxygen atoms in total. The number of nitrogens with zero attached hydrogens (tertiary/aromatic N) is 1. The second-order valence-corrected chi connectivity index (χ2v) is 5.07. The Morgan fingerprint density at radius 2 is 1.94 bits per heavy atom. The topological polar surface area (TPSA) is 23.5 Å². The van der Waals surface area contributed by atoms with E-state index in [0.29, 0.717) is 12.1 Å². The molecule has 0 aromatic heterocycles. The van der Waals surface area contributed by atoms with Gasteiger partial charge in [-0.2, -0.15) is 0 Å². The molecular formula is C14H22FNO. The van der Waals surface area contributed by atoms with E-state index in [2.05, 4.69) is 4.90 Å². The number of hydrogen-bond acceptors (Lipinski definition) is 2. The Hall–Kier alpha value is -0.930. The van der Waals surface area contributed by atoms with Gasteiger partial charge < -0.3 is 5.11 Å². The first-order valence-corrected chi connectivity index (χ1v) is 6.06. The Morgan fingerprint density at radius 1 is 1.35 bits per heavy atom. The molecule has 0 heterocycles. The summed E-state index contributed by atoms with van der Waals surface area (Å²) in [7, 11) is 0. The molecule has 0 fully saturated rings. The van der Waals surface area contributed by atoms with Crippen LogP contribution in [-0.2, 0) is 0 Å². The lowest BCUT2D eigenvalue weighted by Crippen LogP contribution is -2.40. The van der Waals surface area contributed by atoms with E-state index < -0.39 is 5.60 Å². The molecule has 0 aliphatic carbocycles. The van der Waals surface area contributed by atoms with Crippen LogP contribution in [0.3, 0.4) is 0 Å². The van der Waals surface area contributed by atoms with E-state index in [4.69, 9.17) is 0 Å². The molecule has 1 rings (SSSR count). The zero-order valence-electron chi connectivity index (χ0n) is 11.1. The van der Waals surface area contributed by atoms with Gasteiger partial charge in [0.05, 0.1) is 5.60 Å². The van der Waals surface area contributed by atoms with E-state index >= 15 is 0 Å². The molecule has 96 valence electrons. The van der Waals surface area contributed by atoms with Crippen molar-refractivity contribution in [1.82, 2.24) is 4.90 Å². The smallest absolute Gasteiger partial charge is 0.127 e. The predicted molar refractivity (Wildman–Crippen MR) is 68.4 cm³/mol. The van der Waals surface area contributed by atoms with Crippen molar-refractivity contribution in [3.63, 3.8) is 0 Å². The lowest BCUT2D eigenvalue weighted by atomic mass is 10.0. The van der Waals surface area contributed by atoms with Crippen LogP contribution >= 0.6 is 0 Å². The first-order valence-electron chi connectivity index (χ1n) is 6.06. The van der Waals surface area contributed by atoms with Crippen LogP contribution < -0.4 is 0 Å². The number of likely N-dealkylation sites (N-methyl/N-ethyl adjacent to an activating group) is 1. The molecule has 3 heteroatoms. The first kappa shape index (κ1) is 14.1. The predicted octanol–water partition coefficient (Wildman–Crippen LogP) is 2.98. The molecular weight excluding hydrogens is 217 g/mol. The van der Waals surface area contributed by atoms with Crippen molar-refractivity contribution < 1.29 is 9.50 Å². The number of aliphatic hydroxyl groups is 1. The minimum absolute atomic E-state index is 0.0346. The normalized spacial score (nSPS) is 14.1. The van der Waals surface area contributed by atoms with Crippen LogP contribution in [0.5, 0.6) is 0 Å². The summed E-state index contributed by atoms with van der Waals surface area (Å²) < 4.78 is 13.7. The zero-order chi connectivity index (χ0) is 13.1. The van der Waals surface area contributed by atoms with E-state index in [1.807, 2.05) is 19.9 Å². The molecule has 0 spiro atoms. The molecule has 17 heavy (non-hydrogen) atoms. The Labute approximate surface area is 103 Å². The Bertz CT molecular complexity index is 359. The summed E-state index contributed by atoms with van der Waals surface area (Å²) in [4.78, 5) is 2.07. The Kier molecular flexibility index (Phi) is 4.66. The average Bonchev–Trinajstić information content (AvgIpc) is 2.24. The minimum atomic E-state index is -0.768. The summed E-state index contributed by atoms with van der Waals surface area (Å²) >= 11 is 0. The maximum absolute atomic E-state index is 13.7. The molecule has 0 saturated heterocycles. The van der Waals surface area contributed by atoms with Gasteiger partial charge in [-0.15, -0.1) is 0 Å². The molecule has 0 aliphatic heterocycles. The minimum Gasteiger partial charge on any atom is -0.389 e. The molecule has 1 N–H and O–H groups in total. The monoisotopic (exact) mass is 239 g/mol. The SMILES string of the molecule is CCN(CC(C)(C)O)C(C)c1ccccc1F. The van der Waals surface area contributed by atoms with Crippen molar-refractivity contribution in [3.8, 4) is 0 Å². The van der Waals surface area contributed by atoms with Crippen LogP contribution in [-0.4, -0.2) is 28.7 Å². The number of hydrogen-bond donors (Lipinski definition) is 1. The Morgan fingerprint density at radius 3 is 2.41 bits per heavy atom. The van der Waals surface area contributed by atoms with E-state index in [0.717, 1.165) is 6.54 Å². The highest BCUT2D eigenvalue weighted by atomic mass is 19.1. The summed E-state index contributed by atoms with van der Waals surface area (Å²) in [6, 6.07) is 6.77. The summed E-state index contributed by atoms with van der Waals surface area (Å²) in [5, 5.41) is 9.85. The van der Waals surface area contributed by atoms with Crippen molar-refractivity contribution in [1.29, 1.82) is 0 Å². The molecule has 1 unspecified atom stereocenters. The van der Waals surface area contributed by atoms with Crippen LogP contribution in [0, 0.1) is 5.82 Å². The van der Waals surface area contributed by atoms with Crippen LogP contribution in [0.25, 0.3) is 0 Å². The van der Waals surface area contributed by atoms with E-state index in [1.165, 1.54) is 6.07 Å². The molecule has 0 radical (unpaired) electrons. The van der Waals surface area contributed by atoms with Gasteiger partial charge >= 0.3 is 0 Å². The average molecular weight is 239 g/mol. The van der Waals surface area contributed by atoms with Gasteiger partial charge in [0, 0.05) is 18.2 Å². The molecule has 0 saturated carbocycles. The first-order chi connectivity index (χ1) is 7.85. The van der Waals surface area contributed by atoms with Gasteiger partial charge in [0.1, 0.15) is 5.82 Å². The highest BCUT2D eigenvalue weighted by molar-refractivity contribution is 5.20. The van der Waals surface area contributed by atoms with Gasteiger partial charge in [0.15, 0.2) is 0 Å². The lowest BCUT2D eigenvalue weighted by Gasteiger charge is -2.33. The van der Waals surface area contributed by atoms with Crippen molar-refractivity contribution in [2.24, 2.45) is 0 Å². The van der Waals surface area contributed by atoms with Crippen molar-refractivity contribution >= 4 is 0 Å². The van der Waals surface area contributed by atoms with Gasteiger partial charge in [-0.25, -0.2) is 4.39 Å². The third kappa shape index (κ3) is 4.10. The third-order valence-corrected chi connectivity index (χ3v) is 2.90. The third-order valence-electron chi connectivity index (χ3n) is 2.90. The number of benzene rings is 1. The maximum Gasteiger partial charge on any atom is 0.127 e. The lowest BCUT2D eigenvalue weighted by molar-refractivity contribution is 0.0244. The van der Waals surface area contributed by atoms with E-state index in [9.17, 15) is 9.50 Å². The van der Waals surface area contributed by atoms with Gasteiger partial charge in [-0.3, -0.25) is 4.90 Å². The van der Waals surface area contributed by atoms with Crippen LogP contribution in [0.15, 0.2) is 24.3 Å². The summed E-state index contributed by atoms with van der Waals surface area (Å²) in [6.07, 6.45) is 0. The van der Waals surface area contributed by atoms with Crippen LogP contribution in [0.4, 0.5) is 4.39 Å². The number of rotatable bonds is 5. The van der Waals surface area contributed by atoms with Crippen molar-refractivity contribution in [2.75, 3.05) is 13.1 Å². The van der Waals surface area contributed by atoms with E-state index in [-0.39, 0.29) is 11.9 Å². The number of halogens is 1. The summed E-state index contributed by atoms with van der Waals surface area (Å²) in [5.74, 6) is -0.186. The fraction of sp³-hybridized carbons (Fsp3) is 0.571. The summed E-state index contributed by atoms with van der Waals surface area (Å²) in [5.41, 5.74) is -0.0891.